The van der Waals surface area contributed by atoms with Crippen LogP contribution in [0, 0.1) is 12.3 Å². The molecule has 0 atom stereocenters. The lowest BCUT2D eigenvalue weighted by atomic mass is 9.82. The van der Waals surface area contributed by atoms with E-state index in [1.807, 2.05) is 11.8 Å². The van der Waals surface area contributed by atoms with E-state index in [2.05, 4.69) is 24.0 Å². The van der Waals surface area contributed by atoms with Gasteiger partial charge in [-0.05, 0) is 31.6 Å². The van der Waals surface area contributed by atoms with Crippen molar-refractivity contribution < 1.29 is 4.79 Å². The minimum atomic E-state index is 0.0162. The number of rotatable bonds is 3. The molecule has 5 heteroatoms. The summed E-state index contributed by atoms with van der Waals surface area (Å²) in [5.74, 6) is 0.325. The molecular formula is C13H22N4O. The molecule has 0 spiro atoms. The number of nitrogens with zero attached hydrogens (tertiary/aromatic N) is 2. The number of nitrogens with one attached hydrogen (secondary N) is 1. The zero-order chi connectivity index (χ0) is 13.3. The Morgan fingerprint density at radius 2 is 2.17 bits per heavy atom. The fourth-order valence-corrected chi connectivity index (χ4v) is 2.81. The first-order chi connectivity index (χ1) is 8.53. The largest absolute Gasteiger partial charge is 0.382 e. The molecule has 2 heterocycles. The van der Waals surface area contributed by atoms with Crippen molar-refractivity contribution in [2.75, 3.05) is 18.8 Å². The van der Waals surface area contributed by atoms with Crippen molar-refractivity contribution in [3.63, 3.8) is 0 Å². The lowest BCUT2D eigenvalue weighted by molar-refractivity contribution is 0.0770. The van der Waals surface area contributed by atoms with Gasteiger partial charge < -0.3 is 10.6 Å². The third-order valence-corrected chi connectivity index (χ3v) is 4.41. The molecule has 1 saturated heterocycles. The van der Waals surface area contributed by atoms with Crippen LogP contribution < -0.4 is 5.73 Å². The molecule has 5 nitrogen and oxygen atoms in total. The first kappa shape index (κ1) is 12.9. The van der Waals surface area contributed by atoms with E-state index in [0.717, 1.165) is 38.0 Å². The van der Waals surface area contributed by atoms with E-state index in [1.165, 1.54) is 0 Å². The summed E-state index contributed by atoms with van der Waals surface area (Å²) >= 11 is 0. The standard InChI is InChI=1S/C13H22N4O/c1-4-13(5-2)6-7-17(8-13)12(18)10-9(3)15-16-11(10)14/h4-8H2,1-3H3,(H3,14,15,16). The summed E-state index contributed by atoms with van der Waals surface area (Å²) < 4.78 is 0. The summed E-state index contributed by atoms with van der Waals surface area (Å²) in [7, 11) is 0. The molecule has 2 rings (SSSR count). The second-order valence-corrected chi connectivity index (χ2v) is 5.29. The molecule has 0 bridgehead atoms. The van der Waals surface area contributed by atoms with E-state index in [9.17, 15) is 4.79 Å². The molecule has 0 saturated carbocycles. The van der Waals surface area contributed by atoms with E-state index >= 15 is 0 Å². The molecule has 1 aliphatic rings. The van der Waals surface area contributed by atoms with Crippen molar-refractivity contribution in [2.45, 2.75) is 40.0 Å². The van der Waals surface area contributed by atoms with Crippen molar-refractivity contribution in [3.05, 3.63) is 11.3 Å². The number of likely N-dealkylation sites (tertiary alicyclic amines) is 1. The summed E-state index contributed by atoms with van der Waals surface area (Å²) in [5, 5.41) is 6.66. The van der Waals surface area contributed by atoms with Gasteiger partial charge in [-0.3, -0.25) is 9.89 Å². The minimum Gasteiger partial charge on any atom is -0.382 e. The van der Waals surface area contributed by atoms with Crippen molar-refractivity contribution in [3.8, 4) is 0 Å². The summed E-state index contributed by atoms with van der Waals surface area (Å²) in [6, 6.07) is 0. The first-order valence-corrected chi connectivity index (χ1v) is 6.62. The van der Waals surface area contributed by atoms with Gasteiger partial charge in [-0.2, -0.15) is 5.10 Å². The average molecular weight is 250 g/mol. The second kappa shape index (κ2) is 4.63. The van der Waals surface area contributed by atoms with Gasteiger partial charge in [-0.25, -0.2) is 0 Å². The van der Waals surface area contributed by atoms with Gasteiger partial charge in [-0.15, -0.1) is 0 Å². The van der Waals surface area contributed by atoms with E-state index in [1.54, 1.807) is 0 Å². The van der Waals surface area contributed by atoms with Gasteiger partial charge >= 0.3 is 0 Å². The summed E-state index contributed by atoms with van der Waals surface area (Å²) in [5.41, 5.74) is 7.34. The fourth-order valence-electron chi connectivity index (χ4n) is 2.81. The highest BCUT2D eigenvalue weighted by molar-refractivity contribution is 5.99. The van der Waals surface area contributed by atoms with Gasteiger partial charge in [0.15, 0.2) is 5.82 Å². The van der Waals surface area contributed by atoms with Crippen LogP contribution in [0.1, 0.15) is 49.2 Å². The number of hydrogen-bond acceptors (Lipinski definition) is 3. The lowest BCUT2D eigenvalue weighted by Crippen LogP contribution is -2.32. The number of carbonyl (C=O) groups is 1. The Bertz CT molecular complexity index is 428. The number of aryl methyl sites for hydroxylation is 1. The lowest BCUT2D eigenvalue weighted by Gasteiger charge is -2.26. The number of H-pyrrole nitrogens is 1. The van der Waals surface area contributed by atoms with Gasteiger partial charge in [0.2, 0.25) is 0 Å². The Morgan fingerprint density at radius 3 is 2.61 bits per heavy atom. The molecule has 0 aliphatic carbocycles. The molecule has 1 amide bonds. The van der Waals surface area contributed by atoms with Crippen LogP contribution in [-0.2, 0) is 0 Å². The van der Waals surface area contributed by atoms with Crippen LogP contribution in [0.2, 0.25) is 0 Å². The number of aromatic nitrogens is 2. The van der Waals surface area contributed by atoms with Gasteiger partial charge in [0.25, 0.3) is 5.91 Å². The highest BCUT2D eigenvalue weighted by atomic mass is 16.2. The molecule has 1 fully saturated rings. The SMILES string of the molecule is CCC1(CC)CCN(C(=O)c2c(N)n[nH]c2C)C1. The molecule has 1 aliphatic heterocycles. The zero-order valence-corrected chi connectivity index (χ0v) is 11.4. The number of amides is 1. The molecule has 1 aromatic heterocycles. The molecule has 100 valence electrons. The van der Waals surface area contributed by atoms with Crippen LogP contribution in [0.25, 0.3) is 0 Å². The maximum Gasteiger partial charge on any atom is 0.259 e. The summed E-state index contributed by atoms with van der Waals surface area (Å²) in [6.45, 7) is 7.90. The Balaban J connectivity index is 2.18. The quantitative estimate of drug-likeness (QED) is 0.861. The predicted octanol–water partition coefficient (Wildman–Crippen LogP) is 1.95. The highest BCUT2D eigenvalue weighted by Crippen LogP contribution is 2.37. The second-order valence-electron chi connectivity index (χ2n) is 5.29. The van der Waals surface area contributed by atoms with E-state index in [0.29, 0.717) is 16.8 Å². The molecular weight excluding hydrogens is 228 g/mol. The zero-order valence-electron chi connectivity index (χ0n) is 11.4. The predicted molar refractivity (Wildman–Crippen MR) is 71.3 cm³/mol. The third-order valence-electron chi connectivity index (χ3n) is 4.41. The van der Waals surface area contributed by atoms with Crippen molar-refractivity contribution in [1.82, 2.24) is 15.1 Å². The van der Waals surface area contributed by atoms with Crippen LogP contribution >= 0.6 is 0 Å². The van der Waals surface area contributed by atoms with Crippen LogP contribution in [0.5, 0.6) is 0 Å². The third kappa shape index (κ3) is 1.98. The summed E-state index contributed by atoms with van der Waals surface area (Å²) in [6.07, 6.45) is 3.32. The Labute approximate surface area is 108 Å². The molecule has 1 aromatic rings. The molecule has 3 N–H and O–H groups in total. The Morgan fingerprint density at radius 1 is 1.50 bits per heavy atom. The highest BCUT2D eigenvalue weighted by Gasteiger charge is 2.38. The average Bonchev–Trinajstić information content (AvgIpc) is 2.94. The Kier molecular flexibility index (Phi) is 3.32. The van der Waals surface area contributed by atoms with E-state index in [-0.39, 0.29) is 5.91 Å². The minimum absolute atomic E-state index is 0.0162. The number of carbonyl (C=O) groups excluding carboxylic acids is 1. The smallest absolute Gasteiger partial charge is 0.259 e. The van der Waals surface area contributed by atoms with Gasteiger partial charge in [0, 0.05) is 18.8 Å². The number of nitrogens with two attached hydrogens (primary N) is 1. The molecule has 0 aromatic carbocycles. The number of anilines is 1. The van der Waals surface area contributed by atoms with Crippen LogP contribution in [-0.4, -0.2) is 34.1 Å². The maximum atomic E-state index is 12.5. The van der Waals surface area contributed by atoms with E-state index < -0.39 is 0 Å². The van der Waals surface area contributed by atoms with Crippen LogP contribution in [0.4, 0.5) is 5.82 Å². The van der Waals surface area contributed by atoms with Gasteiger partial charge in [0.05, 0.1) is 0 Å². The molecule has 0 radical (unpaired) electrons. The van der Waals surface area contributed by atoms with Gasteiger partial charge in [0.1, 0.15) is 5.56 Å². The monoisotopic (exact) mass is 250 g/mol. The Hall–Kier alpha value is -1.52. The first-order valence-electron chi connectivity index (χ1n) is 6.62. The van der Waals surface area contributed by atoms with Crippen molar-refractivity contribution in [2.24, 2.45) is 5.41 Å². The number of nitrogen functional groups attached to an aromatic ring is 1. The van der Waals surface area contributed by atoms with Gasteiger partial charge in [-0.1, -0.05) is 13.8 Å². The van der Waals surface area contributed by atoms with Crippen molar-refractivity contribution in [1.29, 1.82) is 0 Å². The number of aromatic amines is 1. The molecule has 18 heavy (non-hydrogen) atoms. The topological polar surface area (TPSA) is 75.0 Å². The summed E-state index contributed by atoms with van der Waals surface area (Å²) in [4.78, 5) is 14.4. The fraction of sp³-hybridized carbons (Fsp3) is 0.692. The maximum absolute atomic E-state index is 12.5. The van der Waals surface area contributed by atoms with Crippen LogP contribution in [0.15, 0.2) is 0 Å². The van der Waals surface area contributed by atoms with Crippen molar-refractivity contribution >= 4 is 11.7 Å². The van der Waals surface area contributed by atoms with E-state index in [4.69, 9.17) is 5.73 Å². The van der Waals surface area contributed by atoms with Crippen LogP contribution in [0.3, 0.4) is 0 Å². The number of hydrogen-bond donors (Lipinski definition) is 2. The normalized spacial score (nSPS) is 18.3. The molecule has 0 unspecified atom stereocenters.